The quantitative estimate of drug-likeness (QED) is 0.225. The Kier molecular flexibility index (Phi) is 14.4. The van der Waals surface area contributed by atoms with E-state index in [2.05, 4.69) is 29.4 Å². The largest absolute Gasteiger partial charge is 0.386 e. The lowest BCUT2D eigenvalue weighted by molar-refractivity contribution is -0.142. The van der Waals surface area contributed by atoms with Crippen molar-refractivity contribution in [1.29, 1.82) is 0 Å². The first kappa shape index (κ1) is 41.7. The molecule has 6 atom stereocenters. The molecule has 2 aliphatic heterocycles. The number of aliphatic hydroxyl groups excluding tert-OH is 1. The highest BCUT2D eigenvalue weighted by Gasteiger charge is 2.41. The summed E-state index contributed by atoms with van der Waals surface area (Å²) < 4.78 is 0. The average molecular weight is 730 g/mol. The van der Waals surface area contributed by atoms with E-state index < -0.39 is 35.7 Å². The predicted octanol–water partition coefficient (Wildman–Crippen LogP) is 5.79. The van der Waals surface area contributed by atoms with Crippen molar-refractivity contribution in [1.82, 2.24) is 25.3 Å². The van der Waals surface area contributed by atoms with E-state index in [1.807, 2.05) is 101 Å². The third kappa shape index (κ3) is 10.4. The van der Waals surface area contributed by atoms with Gasteiger partial charge in [-0.3, -0.25) is 24.1 Å². The summed E-state index contributed by atoms with van der Waals surface area (Å²) in [4.78, 5) is 61.5. The Bertz CT molecular complexity index is 1570. The molecule has 0 aromatic heterocycles. The Morgan fingerprint density at radius 3 is 1.94 bits per heavy atom. The maximum Gasteiger partial charge on any atom is 0.249 e. The number of benzene rings is 2. The number of rotatable bonds is 13. The standard InChI is InChI=1S/C43H63N5O5/c1-28(2)35(46(9)42(53)38(43(6,7)8)45-40(51)33-23-16-17-25-47(33)29(3)4)27-30(5)41(52)48-26-18-24-34(48)39(50)44-36(31-19-12-10-13-20-31)37(49)32-21-14-11-15-22-32/h10-15,19-22,27-29,33-38,49H,16-18,23-26H2,1-9H3,(H,44,50)(H,45,51)/b30-27+/t33?,34?,35-,36+,37?,38?/m1/s1. The van der Waals surface area contributed by atoms with Gasteiger partial charge in [-0.1, -0.05) is 108 Å². The fourth-order valence-electron chi connectivity index (χ4n) is 7.78. The summed E-state index contributed by atoms with van der Waals surface area (Å²) in [5.41, 5.74) is 1.32. The molecule has 2 aromatic rings. The van der Waals surface area contributed by atoms with Gasteiger partial charge in [0.05, 0.1) is 18.1 Å². The van der Waals surface area contributed by atoms with Crippen molar-refractivity contribution >= 4 is 23.6 Å². The van der Waals surface area contributed by atoms with Gasteiger partial charge in [0.15, 0.2) is 0 Å². The lowest BCUT2D eigenvalue weighted by Crippen LogP contribution is -2.60. The third-order valence-electron chi connectivity index (χ3n) is 10.9. The van der Waals surface area contributed by atoms with Gasteiger partial charge in [0.1, 0.15) is 18.2 Å². The van der Waals surface area contributed by atoms with Crippen molar-refractivity contribution in [2.45, 2.75) is 130 Å². The molecule has 0 spiro atoms. The summed E-state index contributed by atoms with van der Waals surface area (Å²) in [7, 11) is 1.74. The van der Waals surface area contributed by atoms with Crippen molar-refractivity contribution in [3.63, 3.8) is 0 Å². The molecule has 0 bridgehead atoms. The van der Waals surface area contributed by atoms with Crippen LogP contribution in [0.25, 0.3) is 0 Å². The van der Waals surface area contributed by atoms with Crippen LogP contribution in [-0.4, -0.2) is 93.8 Å². The van der Waals surface area contributed by atoms with Crippen molar-refractivity contribution in [2.75, 3.05) is 20.1 Å². The van der Waals surface area contributed by atoms with E-state index in [4.69, 9.17) is 0 Å². The first-order chi connectivity index (χ1) is 25.0. The van der Waals surface area contributed by atoms with E-state index in [9.17, 15) is 24.3 Å². The molecule has 2 aliphatic rings. The lowest BCUT2D eigenvalue weighted by Gasteiger charge is -2.41. The molecule has 10 nitrogen and oxygen atoms in total. The fraction of sp³-hybridized carbons (Fsp3) is 0.581. The monoisotopic (exact) mass is 729 g/mol. The Morgan fingerprint density at radius 1 is 0.811 bits per heavy atom. The van der Waals surface area contributed by atoms with Crippen molar-refractivity contribution in [2.24, 2.45) is 11.3 Å². The molecule has 2 fully saturated rings. The summed E-state index contributed by atoms with van der Waals surface area (Å²) in [6.07, 6.45) is 4.80. The maximum atomic E-state index is 14.3. The molecular formula is C43H63N5O5. The van der Waals surface area contributed by atoms with Crippen LogP contribution < -0.4 is 10.6 Å². The smallest absolute Gasteiger partial charge is 0.249 e. The molecule has 3 N–H and O–H groups in total. The third-order valence-corrected chi connectivity index (χ3v) is 10.9. The number of likely N-dealkylation sites (N-methyl/N-ethyl adjacent to an activating group) is 1. The topological polar surface area (TPSA) is 122 Å². The van der Waals surface area contributed by atoms with Crippen LogP contribution in [0, 0.1) is 11.3 Å². The number of nitrogens with one attached hydrogen (secondary N) is 2. The molecular weight excluding hydrogens is 667 g/mol. The van der Waals surface area contributed by atoms with Gasteiger partial charge in [0, 0.05) is 25.2 Å². The normalized spacial score (nSPS) is 20.8. The summed E-state index contributed by atoms with van der Waals surface area (Å²) in [6.45, 7) is 17.1. The van der Waals surface area contributed by atoms with Crippen LogP contribution in [0.4, 0.5) is 0 Å². The Hall–Kier alpha value is -4.02. The van der Waals surface area contributed by atoms with Crippen LogP contribution in [-0.2, 0) is 19.2 Å². The number of likely N-dealkylation sites (tertiary alicyclic amines) is 2. The average Bonchev–Trinajstić information content (AvgIpc) is 3.64. The first-order valence-electron chi connectivity index (χ1n) is 19.4. The number of piperidine rings is 1. The van der Waals surface area contributed by atoms with Gasteiger partial charge >= 0.3 is 0 Å². The summed E-state index contributed by atoms with van der Waals surface area (Å²) in [5, 5.41) is 17.6. The number of carbonyl (C=O) groups excluding carboxylic acids is 4. The highest BCUT2D eigenvalue weighted by molar-refractivity contribution is 5.97. The second-order valence-electron chi connectivity index (χ2n) is 16.6. The first-order valence-corrected chi connectivity index (χ1v) is 19.4. The highest BCUT2D eigenvalue weighted by atomic mass is 16.3. The van der Waals surface area contributed by atoms with Gasteiger partial charge in [-0.25, -0.2) is 0 Å². The molecule has 2 heterocycles. The Morgan fingerprint density at radius 2 is 1.38 bits per heavy atom. The molecule has 4 amide bonds. The van der Waals surface area contributed by atoms with Crippen LogP contribution in [0.15, 0.2) is 72.3 Å². The van der Waals surface area contributed by atoms with Crippen molar-refractivity contribution < 1.29 is 24.3 Å². The zero-order valence-electron chi connectivity index (χ0n) is 33.3. The molecule has 0 radical (unpaired) electrons. The van der Waals surface area contributed by atoms with Crippen LogP contribution in [0.2, 0.25) is 0 Å². The maximum absolute atomic E-state index is 14.3. The molecule has 2 saturated heterocycles. The molecule has 290 valence electrons. The fourth-order valence-corrected chi connectivity index (χ4v) is 7.78. The zero-order chi connectivity index (χ0) is 39.0. The van der Waals surface area contributed by atoms with Crippen LogP contribution in [0.3, 0.4) is 0 Å². The number of carbonyl (C=O) groups is 4. The van der Waals surface area contributed by atoms with Crippen molar-refractivity contribution in [3.05, 3.63) is 83.4 Å². The second kappa shape index (κ2) is 18.3. The molecule has 4 rings (SSSR count). The van der Waals surface area contributed by atoms with Gasteiger partial charge in [-0.2, -0.15) is 0 Å². The Labute approximate surface area is 317 Å². The van der Waals surface area contributed by atoms with Crippen LogP contribution in [0.5, 0.6) is 0 Å². The number of aliphatic hydroxyl groups is 1. The number of nitrogens with zero attached hydrogens (tertiary/aromatic N) is 3. The lowest BCUT2D eigenvalue weighted by atomic mass is 9.84. The predicted molar refractivity (Wildman–Crippen MR) is 209 cm³/mol. The molecule has 53 heavy (non-hydrogen) atoms. The van der Waals surface area contributed by atoms with Crippen LogP contribution >= 0.6 is 0 Å². The summed E-state index contributed by atoms with van der Waals surface area (Å²) >= 11 is 0. The minimum atomic E-state index is -0.992. The van der Waals surface area contributed by atoms with E-state index in [-0.39, 0.29) is 41.6 Å². The van der Waals surface area contributed by atoms with E-state index in [0.29, 0.717) is 30.5 Å². The van der Waals surface area contributed by atoms with Gasteiger partial charge in [0.2, 0.25) is 23.6 Å². The second-order valence-corrected chi connectivity index (χ2v) is 16.6. The minimum absolute atomic E-state index is 0.0402. The molecule has 4 unspecified atom stereocenters. The van der Waals surface area contributed by atoms with Gasteiger partial charge in [-0.15, -0.1) is 0 Å². The van der Waals surface area contributed by atoms with Crippen molar-refractivity contribution in [3.8, 4) is 0 Å². The highest BCUT2D eigenvalue weighted by Crippen LogP contribution is 2.31. The summed E-state index contributed by atoms with van der Waals surface area (Å²) in [5.74, 6) is -0.956. The summed E-state index contributed by atoms with van der Waals surface area (Å²) in [6, 6.07) is 15.9. The molecule has 0 aliphatic carbocycles. The van der Waals surface area contributed by atoms with E-state index >= 15 is 0 Å². The van der Waals surface area contributed by atoms with E-state index in [0.717, 1.165) is 31.4 Å². The van der Waals surface area contributed by atoms with Gasteiger partial charge in [-0.05, 0) is 75.5 Å². The zero-order valence-corrected chi connectivity index (χ0v) is 33.3. The molecule has 2 aromatic carbocycles. The number of hydrogen-bond acceptors (Lipinski definition) is 6. The van der Waals surface area contributed by atoms with Gasteiger partial charge in [0.25, 0.3) is 0 Å². The molecule has 10 heteroatoms. The van der Waals surface area contributed by atoms with Crippen LogP contribution in [0.1, 0.15) is 111 Å². The Balaban J connectivity index is 1.52. The van der Waals surface area contributed by atoms with E-state index in [1.54, 1.807) is 23.8 Å². The number of amides is 4. The molecule has 0 saturated carbocycles. The van der Waals surface area contributed by atoms with Gasteiger partial charge < -0.3 is 25.5 Å². The minimum Gasteiger partial charge on any atom is -0.386 e. The van der Waals surface area contributed by atoms with E-state index in [1.165, 1.54) is 0 Å². The number of hydrogen-bond donors (Lipinski definition) is 3. The SMILES string of the molecule is C/C(=C\[C@H](C(C)C)N(C)C(=O)C(NC(=O)C1CCCCN1C(C)C)C(C)(C)C)C(=O)N1CCCC1C(=O)N[C@@H](c1ccccc1)C(O)c1ccccc1.